The molecule has 2 aromatic rings. The molecule has 1 aromatic carbocycles. The van der Waals surface area contributed by atoms with Crippen molar-refractivity contribution in [1.29, 1.82) is 0 Å². The SMILES string of the molecule is CC=C(C)C(=O)O[C@@H]1CN(C)CC[C@@H]1c1c(O)cc(O)c2c(=O)cc(C)oc12. The van der Waals surface area contributed by atoms with Crippen molar-refractivity contribution in [1.82, 2.24) is 4.90 Å². The van der Waals surface area contributed by atoms with Gasteiger partial charge in [0.15, 0.2) is 5.43 Å². The minimum absolute atomic E-state index is 0.0204. The summed E-state index contributed by atoms with van der Waals surface area (Å²) in [4.78, 5) is 26.8. The molecule has 0 saturated carbocycles. The number of likely N-dealkylation sites (tertiary alicyclic amines) is 1. The third-order valence-corrected chi connectivity index (χ3v) is 5.27. The lowest BCUT2D eigenvalue weighted by Gasteiger charge is -2.36. The van der Waals surface area contributed by atoms with Gasteiger partial charge in [0.05, 0.1) is 0 Å². The number of carbonyl (C=O) groups excluding carboxylic acids is 1. The number of rotatable bonds is 3. The first-order valence-corrected chi connectivity index (χ1v) is 9.24. The van der Waals surface area contributed by atoms with Crippen LogP contribution in [0.15, 0.2) is 33.0 Å². The van der Waals surface area contributed by atoms with Crippen LogP contribution in [0.25, 0.3) is 11.0 Å². The second-order valence-electron chi connectivity index (χ2n) is 7.33. The van der Waals surface area contributed by atoms with Crippen LogP contribution in [0.1, 0.15) is 37.5 Å². The molecular formula is C21H25NO6. The van der Waals surface area contributed by atoms with Crippen LogP contribution >= 0.6 is 0 Å². The molecule has 0 radical (unpaired) electrons. The molecule has 7 heteroatoms. The molecule has 1 saturated heterocycles. The van der Waals surface area contributed by atoms with Gasteiger partial charge in [-0.15, -0.1) is 0 Å². The zero-order chi connectivity index (χ0) is 20.6. The van der Waals surface area contributed by atoms with E-state index in [1.54, 1.807) is 26.8 Å². The van der Waals surface area contributed by atoms with Gasteiger partial charge in [-0.1, -0.05) is 6.08 Å². The largest absolute Gasteiger partial charge is 0.507 e. The standard InChI is InChI=1S/C21H25NO6/c1-5-11(2)21(26)28-17-10-22(4)7-6-13(17)18-15(24)9-16(25)19-14(23)8-12(3)27-20(18)19/h5,8-9,13,17,24-25H,6-7,10H2,1-4H3/t13-,17+/m0/s1. The number of aromatic hydroxyl groups is 2. The molecule has 28 heavy (non-hydrogen) atoms. The van der Waals surface area contributed by atoms with Crippen LogP contribution in [-0.4, -0.2) is 47.3 Å². The zero-order valence-electron chi connectivity index (χ0n) is 16.5. The molecule has 0 unspecified atom stereocenters. The van der Waals surface area contributed by atoms with Crippen LogP contribution in [0.5, 0.6) is 11.5 Å². The summed E-state index contributed by atoms with van der Waals surface area (Å²) in [6.45, 7) is 6.27. The highest BCUT2D eigenvalue weighted by Crippen LogP contribution is 2.42. The molecule has 0 aliphatic carbocycles. The van der Waals surface area contributed by atoms with Crippen molar-refractivity contribution >= 4 is 16.9 Å². The number of hydrogen-bond acceptors (Lipinski definition) is 7. The van der Waals surface area contributed by atoms with Crippen molar-refractivity contribution in [2.45, 2.75) is 39.2 Å². The number of fused-ring (bicyclic) bond motifs is 1. The maximum absolute atomic E-state index is 12.4. The van der Waals surface area contributed by atoms with Gasteiger partial charge in [-0.3, -0.25) is 4.79 Å². The van der Waals surface area contributed by atoms with Gasteiger partial charge in [-0.05, 0) is 40.8 Å². The van der Waals surface area contributed by atoms with Gasteiger partial charge in [0.1, 0.15) is 34.3 Å². The molecule has 0 amide bonds. The zero-order valence-corrected chi connectivity index (χ0v) is 16.5. The summed E-state index contributed by atoms with van der Waals surface area (Å²) in [6.07, 6.45) is 1.74. The minimum atomic E-state index is -0.536. The molecule has 0 spiro atoms. The molecule has 2 N–H and O–H groups in total. The first kappa shape index (κ1) is 19.9. The predicted molar refractivity (Wildman–Crippen MR) is 105 cm³/mol. The molecular weight excluding hydrogens is 362 g/mol. The Labute approximate surface area is 162 Å². The average molecular weight is 387 g/mol. The second-order valence-corrected chi connectivity index (χ2v) is 7.33. The van der Waals surface area contributed by atoms with Crippen molar-refractivity contribution in [2.24, 2.45) is 0 Å². The number of allylic oxidation sites excluding steroid dienone is 1. The molecule has 2 atom stereocenters. The highest BCUT2D eigenvalue weighted by atomic mass is 16.5. The van der Waals surface area contributed by atoms with Crippen LogP contribution in [0, 0.1) is 6.92 Å². The minimum Gasteiger partial charge on any atom is -0.507 e. The van der Waals surface area contributed by atoms with E-state index in [1.807, 2.05) is 11.9 Å². The summed E-state index contributed by atoms with van der Waals surface area (Å²) in [5.41, 5.74) is 0.636. The van der Waals surface area contributed by atoms with Crippen molar-refractivity contribution in [3.8, 4) is 11.5 Å². The van der Waals surface area contributed by atoms with E-state index in [0.717, 1.165) is 12.6 Å². The Morgan fingerprint density at radius 1 is 1.32 bits per heavy atom. The Morgan fingerprint density at radius 2 is 2.04 bits per heavy atom. The number of likely N-dealkylation sites (N-methyl/N-ethyl adjacent to an activating group) is 1. The summed E-state index contributed by atoms with van der Waals surface area (Å²) in [6, 6.07) is 2.45. The Kier molecular flexibility index (Phi) is 5.47. The van der Waals surface area contributed by atoms with Gasteiger partial charge in [-0.2, -0.15) is 0 Å². The normalized spacial score (nSPS) is 21.1. The number of phenolic OH excluding ortho intramolecular Hbond substituents is 2. The van der Waals surface area contributed by atoms with E-state index >= 15 is 0 Å². The molecule has 7 nitrogen and oxygen atoms in total. The Bertz CT molecular complexity index is 1010. The predicted octanol–water partition coefficient (Wildman–Crippen LogP) is 2.81. The van der Waals surface area contributed by atoms with Crippen molar-refractivity contribution in [2.75, 3.05) is 20.1 Å². The number of piperidine rings is 1. The molecule has 0 bridgehead atoms. The van der Waals surface area contributed by atoms with Gasteiger partial charge in [0.25, 0.3) is 0 Å². The van der Waals surface area contributed by atoms with Crippen LogP contribution in [-0.2, 0) is 9.53 Å². The Morgan fingerprint density at radius 3 is 2.71 bits per heavy atom. The maximum Gasteiger partial charge on any atom is 0.333 e. The van der Waals surface area contributed by atoms with E-state index < -0.39 is 12.1 Å². The topological polar surface area (TPSA) is 100 Å². The molecule has 150 valence electrons. The number of hydrogen-bond donors (Lipinski definition) is 2. The fraction of sp³-hybridized carbons (Fsp3) is 0.429. The van der Waals surface area contributed by atoms with Crippen LogP contribution in [0.3, 0.4) is 0 Å². The maximum atomic E-state index is 12.4. The van der Waals surface area contributed by atoms with E-state index in [0.29, 0.717) is 29.9 Å². The molecule has 1 aliphatic heterocycles. The molecule has 1 aromatic heterocycles. The van der Waals surface area contributed by atoms with E-state index in [4.69, 9.17) is 9.15 Å². The highest BCUT2D eigenvalue weighted by molar-refractivity contribution is 5.89. The summed E-state index contributed by atoms with van der Waals surface area (Å²) < 4.78 is 11.5. The van der Waals surface area contributed by atoms with Crippen molar-refractivity contribution < 1.29 is 24.2 Å². The Hall–Kier alpha value is -2.80. The lowest BCUT2D eigenvalue weighted by atomic mass is 9.85. The van der Waals surface area contributed by atoms with Crippen LogP contribution in [0.4, 0.5) is 0 Å². The number of benzene rings is 1. The fourth-order valence-corrected chi connectivity index (χ4v) is 3.67. The lowest BCUT2D eigenvalue weighted by Crippen LogP contribution is -2.43. The van der Waals surface area contributed by atoms with Crippen molar-refractivity contribution in [3.63, 3.8) is 0 Å². The van der Waals surface area contributed by atoms with E-state index in [1.165, 1.54) is 6.07 Å². The summed E-state index contributed by atoms with van der Waals surface area (Å²) in [7, 11) is 1.93. The van der Waals surface area contributed by atoms with E-state index in [-0.39, 0.29) is 33.8 Å². The number of nitrogens with zero attached hydrogens (tertiary/aromatic N) is 1. The third kappa shape index (κ3) is 3.62. The van der Waals surface area contributed by atoms with Gasteiger partial charge in [0, 0.05) is 35.7 Å². The lowest BCUT2D eigenvalue weighted by molar-refractivity contribution is -0.147. The van der Waals surface area contributed by atoms with Crippen LogP contribution < -0.4 is 5.43 Å². The van der Waals surface area contributed by atoms with Crippen LogP contribution in [0.2, 0.25) is 0 Å². The summed E-state index contributed by atoms with van der Waals surface area (Å²) >= 11 is 0. The van der Waals surface area contributed by atoms with Crippen molar-refractivity contribution in [3.05, 3.63) is 45.3 Å². The fourth-order valence-electron chi connectivity index (χ4n) is 3.67. The summed E-state index contributed by atoms with van der Waals surface area (Å²) in [5.74, 6) is -0.950. The quantitative estimate of drug-likeness (QED) is 0.617. The van der Waals surface area contributed by atoms with E-state index in [9.17, 15) is 19.8 Å². The monoisotopic (exact) mass is 387 g/mol. The number of aryl methyl sites for hydroxylation is 1. The van der Waals surface area contributed by atoms with Gasteiger partial charge in [0.2, 0.25) is 0 Å². The molecule has 3 rings (SSSR count). The second kappa shape index (κ2) is 7.67. The molecule has 2 heterocycles. The Balaban J connectivity index is 2.15. The van der Waals surface area contributed by atoms with Gasteiger partial charge >= 0.3 is 5.97 Å². The summed E-state index contributed by atoms with van der Waals surface area (Å²) in [5, 5.41) is 20.8. The highest BCUT2D eigenvalue weighted by Gasteiger charge is 2.36. The smallest absolute Gasteiger partial charge is 0.333 e. The first-order valence-electron chi connectivity index (χ1n) is 9.24. The molecule has 1 aliphatic rings. The third-order valence-electron chi connectivity index (χ3n) is 5.27. The van der Waals surface area contributed by atoms with E-state index in [2.05, 4.69) is 0 Å². The van der Waals surface area contributed by atoms with Gasteiger partial charge < -0.3 is 24.3 Å². The number of carbonyl (C=O) groups is 1. The number of ether oxygens (including phenoxy) is 1. The first-order chi connectivity index (χ1) is 13.2. The molecule has 1 fully saturated rings. The number of esters is 1. The average Bonchev–Trinajstić information content (AvgIpc) is 2.61. The van der Waals surface area contributed by atoms with Gasteiger partial charge in [-0.25, -0.2) is 4.79 Å². The number of phenols is 2.